The van der Waals surface area contributed by atoms with Crippen LogP contribution in [-0.4, -0.2) is 48.3 Å². The molecule has 2 heterocycles. The molecular formula is C20H29IN4S2. The Morgan fingerprint density at radius 3 is 2.78 bits per heavy atom. The van der Waals surface area contributed by atoms with Crippen molar-refractivity contribution >= 4 is 53.0 Å². The average molecular weight is 517 g/mol. The number of likely N-dealkylation sites (tertiary alicyclic amines) is 1. The van der Waals surface area contributed by atoms with Gasteiger partial charge in [0.05, 0.1) is 10.7 Å². The van der Waals surface area contributed by atoms with E-state index in [0.29, 0.717) is 0 Å². The molecule has 27 heavy (non-hydrogen) atoms. The molecule has 2 aromatic rings. The number of rotatable bonds is 6. The molecule has 1 aliphatic heterocycles. The van der Waals surface area contributed by atoms with Gasteiger partial charge in [-0.1, -0.05) is 18.2 Å². The SMILES string of the molecule is CN=C(NCCc1sc(C)nc1C)N1CCC(CSc2ccccc2)C1.I. The molecule has 0 saturated carbocycles. The highest BCUT2D eigenvalue weighted by molar-refractivity contribution is 14.0. The van der Waals surface area contributed by atoms with Crippen LogP contribution in [0.3, 0.4) is 0 Å². The highest BCUT2D eigenvalue weighted by Crippen LogP contribution is 2.26. The summed E-state index contributed by atoms with van der Waals surface area (Å²) >= 11 is 3.77. The minimum atomic E-state index is 0. The summed E-state index contributed by atoms with van der Waals surface area (Å²) in [7, 11) is 1.89. The van der Waals surface area contributed by atoms with Gasteiger partial charge in [-0.3, -0.25) is 4.99 Å². The monoisotopic (exact) mass is 516 g/mol. The van der Waals surface area contributed by atoms with Crippen molar-refractivity contribution in [1.82, 2.24) is 15.2 Å². The van der Waals surface area contributed by atoms with Crippen LogP contribution in [0.15, 0.2) is 40.2 Å². The molecule has 1 N–H and O–H groups in total. The second kappa shape index (κ2) is 11.3. The van der Waals surface area contributed by atoms with Gasteiger partial charge in [-0.15, -0.1) is 47.1 Å². The van der Waals surface area contributed by atoms with Crippen LogP contribution in [0, 0.1) is 19.8 Å². The van der Waals surface area contributed by atoms with Gasteiger partial charge >= 0.3 is 0 Å². The van der Waals surface area contributed by atoms with Crippen molar-refractivity contribution in [2.24, 2.45) is 10.9 Å². The number of thioether (sulfide) groups is 1. The molecule has 1 aliphatic rings. The Hall–Kier alpha value is -0.800. The summed E-state index contributed by atoms with van der Waals surface area (Å²) in [5.74, 6) is 2.94. The lowest BCUT2D eigenvalue weighted by Crippen LogP contribution is -2.41. The molecule has 7 heteroatoms. The van der Waals surface area contributed by atoms with E-state index in [2.05, 4.69) is 64.4 Å². The molecule has 0 radical (unpaired) electrons. The molecule has 1 atom stereocenters. The quantitative estimate of drug-likeness (QED) is 0.264. The largest absolute Gasteiger partial charge is 0.356 e. The molecule has 3 rings (SSSR count). The van der Waals surface area contributed by atoms with Gasteiger partial charge in [-0.05, 0) is 38.3 Å². The third-order valence-corrected chi connectivity index (χ3v) is 7.04. The molecule has 1 unspecified atom stereocenters. The molecule has 0 aliphatic carbocycles. The van der Waals surface area contributed by atoms with Gasteiger partial charge < -0.3 is 10.2 Å². The number of halogens is 1. The number of guanidine groups is 1. The minimum absolute atomic E-state index is 0. The maximum absolute atomic E-state index is 4.51. The van der Waals surface area contributed by atoms with Crippen molar-refractivity contribution in [2.75, 3.05) is 32.4 Å². The third-order valence-electron chi connectivity index (χ3n) is 4.66. The molecule has 0 amide bonds. The lowest BCUT2D eigenvalue weighted by molar-refractivity contribution is 0.475. The van der Waals surface area contributed by atoms with E-state index in [0.717, 1.165) is 42.9 Å². The molecule has 1 fully saturated rings. The average Bonchev–Trinajstić information content (AvgIpc) is 3.24. The van der Waals surface area contributed by atoms with Crippen LogP contribution < -0.4 is 5.32 Å². The second-order valence-electron chi connectivity index (χ2n) is 6.69. The number of aryl methyl sites for hydroxylation is 2. The molecule has 0 bridgehead atoms. The normalized spacial score (nSPS) is 17.1. The van der Waals surface area contributed by atoms with Crippen molar-refractivity contribution < 1.29 is 0 Å². The van der Waals surface area contributed by atoms with E-state index in [1.54, 1.807) is 11.3 Å². The maximum Gasteiger partial charge on any atom is 0.193 e. The first-order valence-corrected chi connectivity index (χ1v) is 11.0. The molecule has 148 valence electrons. The van der Waals surface area contributed by atoms with Gasteiger partial charge in [0.2, 0.25) is 0 Å². The van der Waals surface area contributed by atoms with Gasteiger partial charge in [0.15, 0.2) is 5.96 Å². The number of hydrogen-bond acceptors (Lipinski definition) is 4. The summed E-state index contributed by atoms with van der Waals surface area (Å²) in [5.41, 5.74) is 1.17. The Kier molecular flexibility index (Phi) is 9.38. The summed E-state index contributed by atoms with van der Waals surface area (Å²) < 4.78 is 0. The fraction of sp³-hybridized carbons (Fsp3) is 0.500. The molecule has 0 spiro atoms. The van der Waals surface area contributed by atoms with Crippen LogP contribution in [-0.2, 0) is 6.42 Å². The summed E-state index contributed by atoms with van der Waals surface area (Å²) in [4.78, 5) is 14.2. The van der Waals surface area contributed by atoms with Gasteiger partial charge in [0.25, 0.3) is 0 Å². The second-order valence-corrected chi connectivity index (χ2v) is 9.07. The Labute approximate surface area is 188 Å². The lowest BCUT2D eigenvalue weighted by atomic mass is 10.2. The first-order chi connectivity index (χ1) is 12.7. The van der Waals surface area contributed by atoms with Crippen molar-refractivity contribution in [1.29, 1.82) is 0 Å². The van der Waals surface area contributed by atoms with Crippen LogP contribution in [0.1, 0.15) is 22.0 Å². The molecule has 1 aromatic heterocycles. The van der Waals surface area contributed by atoms with Crippen LogP contribution in [0.2, 0.25) is 0 Å². The fourth-order valence-electron chi connectivity index (χ4n) is 3.32. The van der Waals surface area contributed by atoms with Crippen LogP contribution in [0.5, 0.6) is 0 Å². The topological polar surface area (TPSA) is 40.5 Å². The summed E-state index contributed by atoms with van der Waals surface area (Å²) in [5, 5.41) is 4.69. The Morgan fingerprint density at radius 1 is 1.33 bits per heavy atom. The standard InChI is InChI=1S/C20H28N4S2.HI/c1-15-19(26-16(2)23-15)9-11-22-20(21-3)24-12-10-17(13-24)14-25-18-7-5-4-6-8-18;/h4-8,17H,9-14H2,1-3H3,(H,21,22);1H. The first-order valence-electron chi connectivity index (χ1n) is 9.22. The third kappa shape index (κ3) is 6.64. The van der Waals surface area contributed by atoms with Crippen molar-refractivity contribution in [3.63, 3.8) is 0 Å². The van der Waals surface area contributed by atoms with E-state index in [1.165, 1.54) is 27.6 Å². The predicted molar refractivity (Wildman–Crippen MR) is 129 cm³/mol. The molecule has 1 saturated heterocycles. The Morgan fingerprint density at radius 2 is 2.11 bits per heavy atom. The summed E-state index contributed by atoms with van der Waals surface area (Å²) in [6, 6.07) is 10.7. The molecule has 4 nitrogen and oxygen atoms in total. The summed E-state index contributed by atoms with van der Waals surface area (Å²) in [6.45, 7) is 7.28. The highest BCUT2D eigenvalue weighted by Gasteiger charge is 2.24. The van der Waals surface area contributed by atoms with Crippen LogP contribution >= 0.6 is 47.1 Å². The Balaban J connectivity index is 0.00000261. The lowest BCUT2D eigenvalue weighted by Gasteiger charge is -2.21. The highest BCUT2D eigenvalue weighted by atomic mass is 127. The number of nitrogens with zero attached hydrogens (tertiary/aromatic N) is 3. The summed E-state index contributed by atoms with van der Waals surface area (Å²) in [6.07, 6.45) is 2.26. The van der Waals surface area contributed by atoms with Crippen LogP contribution in [0.4, 0.5) is 0 Å². The van der Waals surface area contributed by atoms with Gasteiger partial charge in [0, 0.05) is 48.6 Å². The number of aromatic nitrogens is 1. The van der Waals surface area contributed by atoms with Gasteiger partial charge in [-0.25, -0.2) is 4.98 Å². The van der Waals surface area contributed by atoms with Crippen molar-refractivity contribution in [3.05, 3.63) is 45.9 Å². The van der Waals surface area contributed by atoms with E-state index in [9.17, 15) is 0 Å². The number of aliphatic imine (C=N–C) groups is 1. The number of benzene rings is 1. The van der Waals surface area contributed by atoms with Crippen molar-refractivity contribution in [3.8, 4) is 0 Å². The van der Waals surface area contributed by atoms with Gasteiger partial charge in [0.1, 0.15) is 0 Å². The zero-order valence-corrected chi connectivity index (χ0v) is 20.2. The number of nitrogens with one attached hydrogen (secondary N) is 1. The molecule has 1 aromatic carbocycles. The van der Waals surface area contributed by atoms with Crippen LogP contribution in [0.25, 0.3) is 0 Å². The minimum Gasteiger partial charge on any atom is -0.356 e. The zero-order chi connectivity index (χ0) is 18.4. The van der Waals surface area contributed by atoms with Gasteiger partial charge in [-0.2, -0.15) is 0 Å². The van der Waals surface area contributed by atoms with E-state index in [1.807, 2.05) is 18.8 Å². The smallest absolute Gasteiger partial charge is 0.193 e. The maximum atomic E-state index is 4.51. The van der Waals surface area contributed by atoms with E-state index in [-0.39, 0.29) is 24.0 Å². The zero-order valence-electron chi connectivity index (χ0n) is 16.3. The van der Waals surface area contributed by atoms with E-state index >= 15 is 0 Å². The molecular weight excluding hydrogens is 487 g/mol. The number of thiazole rings is 1. The Bertz CT molecular complexity index is 733. The number of hydrogen-bond donors (Lipinski definition) is 1. The predicted octanol–water partition coefficient (Wildman–Crippen LogP) is 4.61. The van der Waals surface area contributed by atoms with E-state index in [4.69, 9.17) is 0 Å². The van der Waals surface area contributed by atoms with Crippen molar-refractivity contribution in [2.45, 2.75) is 31.6 Å². The first kappa shape index (κ1) is 22.5. The van der Waals surface area contributed by atoms with E-state index < -0.39 is 0 Å². The fourth-order valence-corrected chi connectivity index (χ4v) is 5.30.